The zero-order valence-corrected chi connectivity index (χ0v) is 20.9. The van der Waals surface area contributed by atoms with E-state index >= 15 is 0 Å². The molecule has 2 bridgehead atoms. The van der Waals surface area contributed by atoms with Crippen molar-refractivity contribution in [3.8, 4) is 11.1 Å². The Balaban J connectivity index is 1.40. The van der Waals surface area contributed by atoms with Gasteiger partial charge >= 0.3 is 0 Å². The lowest BCUT2D eigenvalue weighted by atomic mass is 9.85. The Labute approximate surface area is 213 Å². The third kappa shape index (κ3) is 3.83. The first kappa shape index (κ1) is 23.5. The number of nitrogens with zero attached hydrogens (tertiary/aromatic N) is 6. The predicted molar refractivity (Wildman–Crippen MR) is 139 cm³/mol. The summed E-state index contributed by atoms with van der Waals surface area (Å²) in [5, 5.41) is 13.9. The van der Waals surface area contributed by atoms with E-state index in [0.29, 0.717) is 36.3 Å². The lowest BCUT2D eigenvalue weighted by Crippen LogP contribution is -2.47. The van der Waals surface area contributed by atoms with E-state index in [0.717, 1.165) is 35.4 Å². The van der Waals surface area contributed by atoms with Gasteiger partial charge in [0.1, 0.15) is 12.4 Å². The Morgan fingerprint density at radius 3 is 2.51 bits per heavy atom. The molecular weight excluding hydrogens is 470 g/mol. The van der Waals surface area contributed by atoms with Gasteiger partial charge in [-0.15, -0.1) is 0 Å². The number of ketones is 1. The normalized spacial score (nSPS) is 22.9. The number of aromatic nitrogens is 4. The number of piperidine rings is 1. The highest BCUT2D eigenvalue weighted by atomic mass is 16.3. The summed E-state index contributed by atoms with van der Waals surface area (Å²) < 4.78 is 1.52. The largest absolute Gasteiger partial charge is 0.387 e. The molecule has 0 spiro atoms. The molecular formula is C27H29N7O3. The lowest BCUT2D eigenvalue weighted by Gasteiger charge is -2.39. The smallest absolute Gasteiger partial charge is 0.248 e. The molecule has 37 heavy (non-hydrogen) atoms. The van der Waals surface area contributed by atoms with Crippen LogP contribution in [0.3, 0.4) is 0 Å². The standard InChI is InChI=1S/C27H29N7O3/c1-14-7-22(29-10-14)21-6-3-16(11-30-21)20-12-31-34-26(28)24(15(2)36)25(32-27(20)34)17-8-18-4-5-19(9-17)33(18)23(37)13-35/h3,6-7,11-12,17-19,35H,4-5,8-10,13,28H2,1-2H3/t17?,18-,19+. The molecule has 0 radical (unpaired) electrons. The highest BCUT2D eigenvalue weighted by Gasteiger charge is 2.44. The second-order valence-corrected chi connectivity index (χ2v) is 10.2. The number of carbonyl (C=O) groups is 2. The Morgan fingerprint density at radius 1 is 1.16 bits per heavy atom. The minimum absolute atomic E-state index is 0.0231. The van der Waals surface area contributed by atoms with Crippen LogP contribution in [0.1, 0.15) is 67.2 Å². The van der Waals surface area contributed by atoms with Gasteiger partial charge in [-0.2, -0.15) is 9.61 Å². The second kappa shape index (κ2) is 8.88. The van der Waals surface area contributed by atoms with Gasteiger partial charge in [0, 0.05) is 35.3 Å². The minimum atomic E-state index is -0.483. The van der Waals surface area contributed by atoms with Crippen LogP contribution < -0.4 is 5.73 Å². The first-order chi connectivity index (χ1) is 17.9. The molecule has 1 unspecified atom stereocenters. The highest BCUT2D eigenvalue weighted by molar-refractivity contribution is 6.09. The van der Waals surface area contributed by atoms with Crippen molar-refractivity contribution < 1.29 is 14.7 Å². The minimum Gasteiger partial charge on any atom is -0.387 e. The summed E-state index contributed by atoms with van der Waals surface area (Å²) in [4.78, 5) is 41.0. The lowest BCUT2D eigenvalue weighted by molar-refractivity contribution is -0.138. The number of nitrogens with two attached hydrogens (primary N) is 1. The number of anilines is 1. The van der Waals surface area contributed by atoms with Gasteiger partial charge in [0.25, 0.3) is 0 Å². The van der Waals surface area contributed by atoms with Gasteiger partial charge in [-0.05, 0) is 57.2 Å². The number of fused-ring (bicyclic) bond motifs is 3. The molecule has 1 amide bonds. The SMILES string of the molecule is CC(=O)c1c(C2C[C@H]3CC[C@@H](C2)N3C(=O)CO)nc2c(-c3ccc(C4=NCC(C)=C4)nc3)cnn2c1N. The molecule has 190 valence electrons. The monoisotopic (exact) mass is 499 g/mol. The number of aliphatic hydroxyl groups is 1. The zero-order chi connectivity index (χ0) is 25.8. The van der Waals surface area contributed by atoms with E-state index < -0.39 is 6.61 Å². The van der Waals surface area contributed by atoms with Crippen LogP contribution in [-0.2, 0) is 4.79 Å². The Kier molecular flexibility index (Phi) is 5.63. The second-order valence-electron chi connectivity index (χ2n) is 10.2. The maximum absolute atomic E-state index is 12.7. The molecule has 0 saturated carbocycles. The number of allylic oxidation sites excluding steroid dienone is 1. The Bertz CT molecular complexity index is 1470. The molecule has 10 nitrogen and oxygen atoms in total. The molecule has 3 N–H and O–H groups in total. The van der Waals surface area contributed by atoms with Crippen molar-refractivity contribution in [1.29, 1.82) is 0 Å². The molecule has 10 heteroatoms. The molecule has 2 fully saturated rings. The predicted octanol–water partition coefficient (Wildman–Crippen LogP) is 2.55. The fourth-order valence-electron chi connectivity index (χ4n) is 6.18. The molecule has 3 aliphatic rings. The van der Waals surface area contributed by atoms with Crippen LogP contribution in [0.5, 0.6) is 0 Å². The van der Waals surface area contributed by atoms with E-state index in [1.54, 1.807) is 12.4 Å². The van der Waals surface area contributed by atoms with Crippen LogP contribution in [-0.4, -0.2) is 72.2 Å². The molecule has 3 atom stereocenters. The number of amides is 1. The summed E-state index contributed by atoms with van der Waals surface area (Å²) in [5.41, 5.74) is 12.7. The number of Topliss-reactive ketones (excluding diaryl/α,β-unsaturated/α-hetero) is 1. The van der Waals surface area contributed by atoms with Gasteiger partial charge in [-0.25, -0.2) is 4.98 Å². The van der Waals surface area contributed by atoms with Crippen LogP contribution in [0.15, 0.2) is 41.2 Å². The molecule has 3 aliphatic heterocycles. The summed E-state index contributed by atoms with van der Waals surface area (Å²) in [6.07, 6.45) is 8.66. The van der Waals surface area contributed by atoms with Crippen LogP contribution in [0, 0.1) is 0 Å². The van der Waals surface area contributed by atoms with Crippen molar-refractivity contribution in [1.82, 2.24) is 24.5 Å². The first-order valence-electron chi connectivity index (χ1n) is 12.6. The first-order valence-corrected chi connectivity index (χ1v) is 12.6. The molecule has 0 aromatic carbocycles. The highest BCUT2D eigenvalue weighted by Crippen LogP contribution is 2.44. The molecule has 3 aromatic heterocycles. The Morgan fingerprint density at radius 2 is 1.92 bits per heavy atom. The number of pyridine rings is 1. The third-order valence-corrected chi connectivity index (χ3v) is 7.82. The topological polar surface area (TPSA) is 139 Å². The van der Waals surface area contributed by atoms with Gasteiger partial charge in [-0.1, -0.05) is 6.07 Å². The third-order valence-electron chi connectivity index (χ3n) is 7.82. The van der Waals surface area contributed by atoms with Gasteiger partial charge < -0.3 is 15.7 Å². The molecule has 0 aliphatic carbocycles. The number of nitrogen functional groups attached to an aromatic ring is 1. The van der Waals surface area contributed by atoms with Gasteiger partial charge in [0.15, 0.2) is 11.4 Å². The maximum Gasteiger partial charge on any atom is 0.248 e. The van der Waals surface area contributed by atoms with E-state index in [-0.39, 0.29) is 35.5 Å². The summed E-state index contributed by atoms with van der Waals surface area (Å²) in [6.45, 7) is 3.76. The van der Waals surface area contributed by atoms with E-state index in [1.165, 1.54) is 17.0 Å². The van der Waals surface area contributed by atoms with Crippen molar-refractivity contribution >= 4 is 28.9 Å². The average molecular weight is 500 g/mol. The van der Waals surface area contributed by atoms with E-state index in [4.69, 9.17) is 10.7 Å². The van der Waals surface area contributed by atoms with Crippen LogP contribution in [0.25, 0.3) is 16.8 Å². The number of aliphatic hydroxyl groups excluding tert-OH is 1. The molecule has 6 heterocycles. The van der Waals surface area contributed by atoms with Gasteiger partial charge in [0.2, 0.25) is 5.91 Å². The van der Waals surface area contributed by atoms with Crippen molar-refractivity contribution in [2.75, 3.05) is 18.9 Å². The van der Waals surface area contributed by atoms with Crippen LogP contribution >= 0.6 is 0 Å². The molecule has 6 rings (SSSR count). The number of rotatable bonds is 5. The fourth-order valence-corrected chi connectivity index (χ4v) is 6.18. The van der Waals surface area contributed by atoms with Crippen LogP contribution in [0.4, 0.5) is 5.82 Å². The fraction of sp³-hybridized carbons (Fsp3) is 0.407. The molecule has 2 saturated heterocycles. The van der Waals surface area contributed by atoms with Crippen molar-refractivity contribution in [2.45, 2.75) is 57.5 Å². The van der Waals surface area contributed by atoms with E-state index in [9.17, 15) is 14.7 Å². The van der Waals surface area contributed by atoms with Gasteiger partial charge in [-0.3, -0.25) is 19.6 Å². The number of aliphatic imine (C=N–C) groups is 1. The number of carbonyl (C=O) groups excluding carboxylic acids is 2. The van der Waals surface area contributed by atoms with E-state index in [1.807, 2.05) is 30.0 Å². The number of hydrogen-bond donors (Lipinski definition) is 2. The van der Waals surface area contributed by atoms with Crippen molar-refractivity contribution in [3.63, 3.8) is 0 Å². The zero-order valence-electron chi connectivity index (χ0n) is 20.9. The molecule has 3 aromatic rings. The summed E-state index contributed by atoms with van der Waals surface area (Å²) in [7, 11) is 0. The van der Waals surface area contributed by atoms with E-state index in [2.05, 4.69) is 15.1 Å². The van der Waals surface area contributed by atoms with Gasteiger partial charge in [0.05, 0.1) is 35.4 Å². The van der Waals surface area contributed by atoms with Crippen LogP contribution in [0.2, 0.25) is 0 Å². The van der Waals surface area contributed by atoms with Crippen molar-refractivity contribution in [2.24, 2.45) is 4.99 Å². The average Bonchev–Trinajstić information content (AvgIpc) is 3.59. The number of hydrogen-bond acceptors (Lipinski definition) is 8. The van der Waals surface area contributed by atoms with Crippen molar-refractivity contribution in [3.05, 3.63) is 53.1 Å². The maximum atomic E-state index is 12.7. The summed E-state index contributed by atoms with van der Waals surface area (Å²) >= 11 is 0. The summed E-state index contributed by atoms with van der Waals surface area (Å²) in [6, 6.07) is 3.96. The quantitative estimate of drug-likeness (QED) is 0.514. The Hall–Kier alpha value is -3.92. The summed E-state index contributed by atoms with van der Waals surface area (Å²) in [5.74, 6) is -0.147.